The second-order valence-corrected chi connectivity index (χ2v) is 8.27. The monoisotopic (exact) mass is 471 g/mol. The van der Waals surface area contributed by atoms with Crippen molar-refractivity contribution in [2.24, 2.45) is 36.5 Å². The van der Waals surface area contributed by atoms with Crippen molar-refractivity contribution in [1.82, 2.24) is 24.5 Å². The number of dihydropyridines is 1. The van der Waals surface area contributed by atoms with Gasteiger partial charge in [0.15, 0.2) is 17.3 Å². The van der Waals surface area contributed by atoms with Crippen LogP contribution in [-0.2, 0) is 0 Å². The molecule has 0 aliphatic carbocycles. The summed E-state index contributed by atoms with van der Waals surface area (Å²) in [6, 6.07) is 1.87. The molecule has 2 aromatic rings. The summed E-state index contributed by atoms with van der Waals surface area (Å²) >= 11 is 0. The van der Waals surface area contributed by atoms with Crippen LogP contribution in [0.5, 0.6) is 0 Å². The number of nitrogens with two attached hydrogens (primary N) is 2. The van der Waals surface area contributed by atoms with E-state index in [9.17, 15) is 0 Å². The predicted octanol–water partition coefficient (Wildman–Crippen LogP) is 0.828. The van der Waals surface area contributed by atoms with E-state index in [0.29, 0.717) is 46.5 Å². The van der Waals surface area contributed by atoms with Crippen LogP contribution in [0.1, 0.15) is 6.42 Å². The number of hydrogen-bond donors (Lipinski definition) is 2. The summed E-state index contributed by atoms with van der Waals surface area (Å²) in [4.78, 5) is 26.8. The summed E-state index contributed by atoms with van der Waals surface area (Å²) < 4.78 is 1.71. The zero-order chi connectivity index (χ0) is 24.7. The maximum absolute atomic E-state index is 6.08. The third-order valence-electron chi connectivity index (χ3n) is 5.38. The maximum Gasteiger partial charge on any atom is 0.183 e. The van der Waals surface area contributed by atoms with Crippen LogP contribution < -0.4 is 16.4 Å². The molecule has 2 aromatic heterocycles. The number of hydrazone groups is 1. The van der Waals surface area contributed by atoms with E-state index in [1.165, 1.54) is 0 Å². The highest BCUT2D eigenvalue weighted by molar-refractivity contribution is 6.50. The van der Waals surface area contributed by atoms with E-state index in [4.69, 9.17) is 21.5 Å². The molecule has 0 radical (unpaired) electrons. The van der Waals surface area contributed by atoms with Crippen LogP contribution in [0, 0.1) is 0 Å². The predicted molar refractivity (Wildman–Crippen MR) is 138 cm³/mol. The Morgan fingerprint density at radius 3 is 2.69 bits per heavy atom. The molecule has 35 heavy (non-hydrogen) atoms. The maximum atomic E-state index is 6.08. The number of allylic oxidation sites excluding steroid dienone is 2. The summed E-state index contributed by atoms with van der Waals surface area (Å²) in [7, 11) is 7.75. The second kappa shape index (κ2) is 8.52. The van der Waals surface area contributed by atoms with Crippen molar-refractivity contribution in [2.75, 3.05) is 33.1 Å². The number of amidine groups is 2. The Morgan fingerprint density at radius 2 is 1.91 bits per heavy atom. The smallest absolute Gasteiger partial charge is 0.183 e. The van der Waals surface area contributed by atoms with Crippen LogP contribution in [0.25, 0.3) is 5.65 Å². The van der Waals surface area contributed by atoms with E-state index in [2.05, 4.69) is 25.2 Å². The van der Waals surface area contributed by atoms with Gasteiger partial charge in [-0.25, -0.2) is 25.0 Å². The van der Waals surface area contributed by atoms with Crippen LogP contribution in [0.3, 0.4) is 0 Å². The molecule has 0 saturated carbocycles. The summed E-state index contributed by atoms with van der Waals surface area (Å²) in [5.74, 6) is 2.81. The first-order chi connectivity index (χ1) is 16.8. The van der Waals surface area contributed by atoms with Gasteiger partial charge in [0.1, 0.15) is 28.9 Å². The second-order valence-electron chi connectivity index (χ2n) is 8.27. The Bertz CT molecular complexity index is 1440. The number of rotatable bonds is 4. The average Bonchev–Trinajstić information content (AvgIpc) is 3.24. The van der Waals surface area contributed by atoms with Gasteiger partial charge in [-0.05, 0) is 18.2 Å². The first-order valence-electron chi connectivity index (χ1n) is 10.8. The zero-order valence-electron chi connectivity index (χ0n) is 19.8. The van der Waals surface area contributed by atoms with Gasteiger partial charge in [-0.3, -0.25) is 0 Å². The molecule has 0 amide bonds. The molecule has 0 unspecified atom stereocenters. The molecule has 13 heteroatoms. The minimum atomic E-state index is 0.166. The summed E-state index contributed by atoms with van der Waals surface area (Å²) in [5.41, 5.74) is 14.7. The number of anilines is 1. The van der Waals surface area contributed by atoms with E-state index in [-0.39, 0.29) is 5.84 Å². The molecular weight excluding hydrogens is 446 g/mol. The molecular formula is C22H25N13. The largest absolute Gasteiger partial charge is 0.396 e. The molecule has 0 aromatic carbocycles. The van der Waals surface area contributed by atoms with Crippen molar-refractivity contribution in [2.45, 2.75) is 6.42 Å². The number of aliphatic imine (C=N–C) groups is 4. The van der Waals surface area contributed by atoms with E-state index in [1.807, 2.05) is 50.1 Å². The molecule has 3 aliphatic heterocycles. The molecule has 178 valence electrons. The molecule has 0 bridgehead atoms. The van der Waals surface area contributed by atoms with Crippen molar-refractivity contribution in [3.8, 4) is 0 Å². The summed E-state index contributed by atoms with van der Waals surface area (Å²) in [5, 5.41) is 10.7. The molecule has 0 saturated heterocycles. The molecule has 4 N–H and O–H groups in total. The highest BCUT2D eigenvalue weighted by atomic mass is 15.6. The third-order valence-corrected chi connectivity index (χ3v) is 5.38. The Hall–Kier alpha value is -4.81. The minimum absolute atomic E-state index is 0.166. The van der Waals surface area contributed by atoms with E-state index in [0.717, 1.165) is 11.6 Å². The average molecular weight is 472 g/mol. The quantitative estimate of drug-likeness (QED) is 0.669. The Labute approximate surface area is 201 Å². The Morgan fingerprint density at radius 1 is 1.09 bits per heavy atom. The SMILES string of the molecule is CN(C)C1=CC=NC2=C(N=C3C=C(N)C(N)=NC3=Nc3cnn4c(N(C)C)ccnc34)CC=NN12. The first-order valence-corrected chi connectivity index (χ1v) is 10.8. The van der Waals surface area contributed by atoms with Gasteiger partial charge in [-0.2, -0.15) is 19.7 Å². The highest BCUT2D eigenvalue weighted by Crippen LogP contribution is 2.28. The number of aromatic nitrogens is 3. The van der Waals surface area contributed by atoms with E-state index in [1.54, 1.807) is 40.4 Å². The van der Waals surface area contributed by atoms with Crippen LogP contribution in [-0.4, -0.2) is 82.5 Å². The van der Waals surface area contributed by atoms with E-state index >= 15 is 0 Å². The Balaban J connectivity index is 1.61. The third kappa shape index (κ3) is 3.92. The van der Waals surface area contributed by atoms with Crippen LogP contribution in [0.4, 0.5) is 11.5 Å². The molecule has 13 nitrogen and oxygen atoms in total. The molecule has 0 atom stereocenters. The van der Waals surface area contributed by atoms with Gasteiger partial charge in [0.2, 0.25) is 0 Å². The number of hydrogen-bond acceptors (Lipinski definition) is 11. The molecule has 0 spiro atoms. The standard InChI is InChI=1S/C22H25N13/c1-32(2)17-6-8-25-21-14(5-10-27-34(17)21)29-15-11-13(23)19(24)31-20(15)30-16-12-28-35-18(33(3)4)7-9-26-22(16)35/h6-12H,5,23H2,1-4H3,(H2,24,30,31). The topological polar surface area (TPSA) is 154 Å². The highest BCUT2D eigenvalue weighted by Gasteiger charge is 2.25. The summed E-state index contributed by atoms with van der Waals surface area (Å²) in [6.07, 6.45) is 10.9. The lowest BCUT2D eigenvalue weighted by atomic mass is 10.2. The van der Waals surface area contributed by atoms with Crippen molar-refractivity contribution in [3.05, 3.63) is 53.6 Å². The molecule has 3 aliphatic rings. The van der Waals surface area contributed by atoms with Crippen LogP contribution in [0.2, 0.25) is 0 Å². The Kier molecular flexibility index (Phi) is 5.35. The van der Waals surface area contributed by atoms with Gasteiger partial charge in [0, 0.05) is 53.2 Å². The van der Waals surface area contributed by atoms with Crippen molar-refractivity contribution >= 4 is 47.0 Å². The van der Waals surface area contributed by atoms with Crippen molar-refractivity contribution in [3.63, 3.8) is 0 Å². The fourth-order valence-corrected chi connectivity index (χ4v) is 3.68. The molecule has 5 heterocycles. The van der Waals surface area contributed by atoms with Crippen LogP contribution in [0.15, 0.2) is 78.7 Å². The zero-order valence-corrected chi connectivity index (χ0v) is 19.8. The van der Waals surface area contributed by atoms with Gasteiger partial charge >= 0.3 is 0 Å². The van der Waals surface area contributed by atoms with Gasteiger partial charge in [0.25, 0.3) is 0 Å². The normalized spacial score (nSPS) is 19.8. The van der Waals surface area contributed by atoms with Gasteiger partial charge in [-0.15, -0.1) is 0 Å². The first kappa shape index (κ1) is 22.0. The molecule has 0 fully saturated rings. The van der Waals surface area contributed by atoms with Crippen molar-refractivity contribution < 1.29 is 0 Å². The molecule has 5 rings (SSSR count). The van der Waals surface area contributed by atoms with Gasteiger partial charge in [0.05, 0.1) is 17.6 Å². The minimum Gasteiger partial charge on any atom is -0.396 e. The number of fused-ring (bicyclic) bond motifs is 2. The lowest BCUT2D eigenvalue weighted by Crippen LogP contribution is -2.32. The van der Waals surface area contributed by atoms with Gasteiger partial charge in [-0.1, -0.05) is 0 Å². The fourth-order valence-electron chi connectivity index (χ4n) is 3.68. The lowest BCUT2D eigenvalue weighted by molar-refractivity contribution is 0.308. The van der Waals surface area contributed by atoms with Crippen LogP contribution >= 0.6 is 0 Å². The van der Waals surface area contributed by atoms with E-state index < -0.39 is 0 Å². The number of nitrogens with zero attached hydrogens (tertiary/aromatic N) is 11. The summed E-state index contributed by atoms with van der Waals surface area (Å²) in [6.45, 7) is 0. The lowest BCUT2D eigenvalue weighted by Gasteiger charge is -2.31. The van der Waals surface area contributed by atoms with Gasteiger partial charge < -0.3 is 21.3 Å². The van der Waals surface area contributed by atoms with Crippen molar-refractivity contribution in [1.29, 1.82) is 0 Å². The fraction of sp³-hybridized carbons (Fsp3) is 0.227.